The zero-order valence-electron chi connectivity index (χ0n) is 17.5. The number of halogens is 4. The number of hydrogen-bond acceptors (Lipinski definition) is 2. The maximum atomic E-state index is 12.8. The van der Waals surface area contributed by atoms with E-state index in [4.69, 9.17) is 11.6 Å². The van der Waals surface area contributed by atoms with Crippen molar-refractivity contribution in [1.82, 2.24) is 10.6 Å². The molecule has 2 atom stereocenters. The molecule has 32 heavy (non-hydrogen) atoms. The van der Waals surface area contributed by atoms with Crippen LogP contribution < -0.4 is 10.6 Å². The van der Waals surface area contributed by atoms with Crippen LogP contribution >= 0.6 is 11.6 Å². The number of aryl methyl sites for hydroxylation is 1. The van der Waals surface area contributed by atoms with Crippen LogP contribution in [0.15, 0.2) is 78.9 Å². The van der Waals surface area contributed by atoms with Crippen molar-refractivity contribution >= 4 is 17.5 Å². The molecule has 168 valence electrons. The lowest BCUT2D eigenvalue weighted by molar-refractivity contribution is -0.137. The highest BCUT2D eigenvalue weighted by atomic mass is 35.5. The molecule has 1 amide bonds. The molecule has 0 aliphatic heterocycles. The van der Waals surface area contributed by atoms with E-state index in [-0.39, 0.29) is 11.9 Å². The Hall–Kier alpha value is -2.83. The molecule has 0 heterocycles. The molecule has 3 rings (SSSR count). The van der Waals surface area contributed by atoms with E-state index in [1.165, 1.54) is 12.1 Å². The predicted molar refractivity (Wildman–Crippen MR) is 120 cm³/mol. The fourth-order valence-corrected chi connectivity index (χ4v) is 3.65. The molecule has 0 saturated heterocycles. The fourth-order valence-electron chi connectivity index (χ4n) is 3.53. The molecule has 3 aromatic rings. The number of alkyl halides is 3. The van der Waals surface area contributed by atoms with E-state index in [9.17, 15) is 18.0 Å². The lowest BCUT2D eigenvalue weighted by atomic mass is 9.96. The van der Waals surface area contributed by atoms with Gasteiger partial charge in [-0.15, -0.1) is 0 Å². The minimum atomic E-state index is -4.36. The first kappa shape index (κ1) is 23.8. The summed E-state index contributed by atoms with van der Waals surface area (Å²) in [6.07, 6.45) is -3.25. The van der Waals surface area contributed by atoms with Crippen LogP contribution in [0.4, 0.5) is 13.2 Å². The van der Waals surface area contributed by atoms with Gasteiger partial charge in [0.05, 0.1) is 5.56 Å². The Morgan fingerprint density at radius 1 is 0.906 bits per heavy atom. The zero-order chi connectivity index (χ0) is 23.1. The molecule has 0 spiro atoms. The smallest absolute Gasteiger partial charge is 0.358 e. The summed E-state index contributed by atoms with van der Waals surface area (Å²) in [5.74, 6) is -0.176. The molecule has 0 unspecified atom stereocenters. The largest absolute Gasteiger partial charge is 0.416 e. The maximum absolute atomic E-state index is 12.8. The van der Waals surface area contributed by atoms with E-state index in [1.54, 1.807) is 19.2 Å². The van der Waals surface area contributed by atoms with Crippen molar-refractivity contribution in [2.45, 2.75) is 31.1 Å². The average Bonchev–Trinajstić information content (AvgIpc) is 2.80. The first-order valence-electron chi connectivity index (χ1n) is 10.2. The first-order chi connectivity index (χ1) is 15.3. The van der Waals surface area contributed by atoms with E-state index < -0.39 is 17.8 Å². The van der Waals surface area contributed by atoms with Gasteiger partial charge in [0.15, 0.2) is 0 Å². The summed E-state index contributed by atoms with van der Waals surface area (Å²) in [5.41, 5.74) is 1.87. The highest BCUT2D eigenvalue weighted by Gasteiger charge is 2.30. The van der Waals surface area contributed by atoms with Gasteiger partial charge >= 0.3 is 6.18 Å². The molecule has 0 aliphatic rings. The van der Waals surface area contributed by atoms with Gasteiger partial charge in [-0.1, -0.05) is 66.2 Å². The zero-order valence-corrected chi connectivity index (χ0v) is 18.3. The summed E-state index contributed by atoms with van der Waals surface area (Å²) in [6, 6.07) is 21.1. The van der Waals surface area contributed by atoms with Crippen molar-refractivity contribution in [2.75, 3.05) is 7.05 Å². The van der Waals surface area contributed by atoms with E-state index in [0.29, 0.717) is 17.9 Å². The third-order valence-electron chi connectivity index (χ3n) is 5.28. The van der Waals surface area contributed by atoms with Gasteiger partial charge in [-0.2, -0.15) is 13.2 Å². The monoisotopic (exact) mass is 460 g/mol. The lowest BCUT2D eigenvalue weighted by Gasteiger charge is -2.26. The highest BCUT2D eigenvalue weighted by molar-refractivity contribution is 6.30. The van der Waals surface area contributed by atoms with Gasteiger partial charge in [0.2, 0.25) is 5.91 Å². The second-order valence-corrected chi connectivity index (χ2v) is 7.90. The van der Waals surface area contributed by atoms with Crippen LogP contribution in [-0.4, -0.2) is 13.0 Å². The Morgan fingerprint density at radius 2 is 1.53 bits per heavy atom. The Balaban J connectivity index is 1.83. The lowest BCUT2D eigenvalue weighted by Crippen LogP contribution is -2.38. The van der Waals surface area contributed by atoms with Gasteiger partial charge in [0.1, 0.15) is 6.04 Å². The van der Waals surface area contributed by atoms with Crippen LogP contribution in [0.25, 0.3) is 0 Å². The topological polar surface area (TPSA) is 41.1 Å². The third-order valence-corrected chi connectivity index (χ3v) is 5.54. The molecule has 7 heteroatoms. The predicted octanol–water partition coefficient (Wildman–Crippen LogP) is 6.11. The third kappa shape index (κ3) is 6.34. The van der Waals surface area contributed by atoms with E-state index in [2.05, 4.69) is 10.6 Å². The Morgan fingerprint density at radius 3 is 2.09 bits per heavy atom. The summed E-state index contributed by atoms with van der Waals surface area (Å²) < 4.78 is 38.5. The van der Waals surface area contributed by atoms with Gasteiger partial charge in [-0.05, 0) is 53.8 Å². The molecule has 3 nitrogen and oxygen atoms in total. The van der Waals surface area contributed by atoms with E-state index in [0.717, 1.165) is 28.8 Å². The number of carbonyl (C=O) groups is 1. The number of carbonyl (C=O) groups excluding carboxylic acids is 1. The number of benzene rings is 3. The van der Waals surface area contributed by atoms with Crippen LogP contribution in [-0.2, 0) is 17.4 Å². The standard InChI is InChI=1S/C25H24ClF3N2O/c1-30-24(32)23(19-5-3-2-4-6-19)31-22(18-10-14-21(26)15-11-18)16-9-17-7-12-20(13-8-17)25(27,28)29/h2-8,10-15,22-23,31H,9,16H2,1H3,(H,30,32)/t22-,23-/m0/s1. The molecule has 0 bridgehead atoms. The Labute approximate surface area is 190 Å². The Bertz CT molecular complexity index is 1010. The van der Waals surface area contributed by atoms with Crippen molar-refractivity contribution in [3.63, 3.8) is 0 Å². The fraction of sp³-hybridized carbons (Fsp3) is 0.240. The SMILES string of the molecule is CNC(=O)[C@@H](N[C@@H](CCc1ccc(C(F)(F)F)cc1)c1ccc(Cl)cc1)c1ccccc1. The maximum Gasteiger partial charge on any atom is 0.416 e. The molecule has 0 radical (unpaired) electrons. The molecule has 2 N–H and O–H groups in total. The number of amides is 1. The minimum Gasteiger partial charge on any atom is -0.358 e. The molecule has 0 fully saturated rings. The van der Waals surface area contributed by atoms with Crippen LogP contribution in [0.5, 0.6) is 0 Å². The molecule has 0 saturated carbocycles. The first-order valence-corrected chi connectivity index (χ1v) is 10.6. The van der Waals surface area contributed by atoms with Gasteiger partial charge in [0.25, 0.3) is 0 Å². The van der Waals surface area contributed by atoms with Crippen molar-refractivity contribution in [3.8, 4) is 0 Å². The van der Waals surface area contributed by atoms with Crippen LogP contribution in [0.2, 0.25) is 5.02 Å². The van der Waals surface area contributed by atoms with Crippen LogP contribution in [0.1, 0.15) is 40.8 Å². The number of hydrogen-bond donors (Lipinski definition) is 2. The van der Waals surface area contributed by atoms with Gasteiger partial charge in [0, 0.05) is 18.1 Å². The van der Waals surface area contributed by atoms with Crippen molar-refractivity contribution in [3.05, 3.63) is 106 Å². The van der Waals surface area contributed by atoms with E-state index in [1.807, 2.05) is 42.5 Å². The number of nitrogens with one attached hydrogen (secondary N) is 2. The minimum absolute atomic E-state index is 0.176. The summed E-state index contributed by atoms with van der Waals surface area (Å²) in [7, 11) is 1.58. The summed E-state index contributed by atoms with van der Waals surface area (Å²) in [6.45, 7) is 0. The quantitative estimate of drug-likeness (QED) is 0.426. The van der Waals surface area contributed by atoms with Crippen molar-refractivity contribution in [1.29, 1.82) is 0 Å². The number of rotatable bonds is 8. The second-order valence-electron chi connectivity index (χ2n) is 7.46. The normalized spacial score (nSPS) is 13.4. The van der Waals surface area contributed by atoms with Crippen LogP contribution in [0, 0.1) is 0 Å². The molecule has 0 aliphatic carbocycles. The van der Waals surface area contributed by atoms with Crippen molar-refractivity contribution in [2.24, 2.45) is 0 Å². The summed E-state index contributed by atoms with van der Waals surface area (Å²) in [4.78, 5) is 12.6. The summed E-state index contributed by atoms with van der Waals surface area (Å²) >= 11 is 6.04. The molecular weight excluding hydrogens is 437 g/mol. The van der Waals surface area contributed by atoms with Crippen molar-refractivity contribution < 1.29 is 18.0 Å². The Kier molecular flexibility index (Phi) is 7.94. The molecule has 3 aromatic carbocycles. The highest BCUT2D eigenvalue weighted by Crippen LogP contribution is 2.30. The van der Waals surface area contributed by atoms with Gasteiger partial charge in [-0.3, -0.25) is 10.1 Å². The van der Waals surface area contributed by atoms with E-state index >= 15 is 0 Å². The number of likely N-dealkylation sites (N-methyl/N-ethyl adjacent to an activating group) is 1. The van der Waals surface area contributed by atoms with Gasteiger partial charge in [-0.25, -0.2) is 0 Å². The average molecular weight is 461 g/mol. The molecule has 0 aromatic heterocycles. The summed E-state index contributed by atoms with van der Waals surface area (Å²) in [5, 5.41) is 6.72. The second kappa shape index (κ2) is 10.7. The van der Waals surface area contributed by atoms with Gasteiger partial charge < -0.3 is 5.32 Å². The molecular formula is C25H24ClF3N2O. The van der Waals surface area contributed by atoms with Crippen LogP contribution in [0.3, 0.4) is 0 Å².